The summed E-state index contributed by atoms with van der Waals surface area (Å²) in [6.07, 6.45) is 0.0795. The molecule has 0 fully saturated rings. The summed E-state index contributed by atoms with van der Waals surface area (Å²) < 4.78 is 44.2. The number of hydrogen-bond acceptors (Lipinski definition) is 10. The molecular weight excluding hydrogens is 634 g/mol. The fourth-order valence-electron chi connectivity index (χ4n) is 4.01. The Morgan fingerprint density at radius 1 is 0.723 bits per heavy atom. The van der Waals surface area contributed by atoms with Crippen molar-refractivity contribution in [2.75, 3.05) is 39.3 Å². The van der Waals surface area contributed by atoms with Gasteiger partial charge in [-0.25, -0.2) is 27.5 Å². The van der Waals surface area contributed by atoms with Gasteiger partial charge in [0.25, 0.3) is 5.69 Å². The average molecular weight is 688 g/mol. The maximum Gasteiger partial charge on any atom is 0.410 e. The molecule has 0 atom stereocenters. The van der Waals surface area contributed by atoms with Crippen LogP contribution in [0, 0.1) is 10.1 Å². The molecule has 0 aliphatic carbocycles. The molecule has 0 aromatic heterocycles. The van der Waals surface area contributed by atoms with Crippen LogP contribution in [0.3, 0.4) is 0 Å². The topological polar surface area (TPSA) is 187 Å². The molecule has 0 radical (unpaired) electrons. The van der Waals surface area contributed by atoms with E-state index < -0.39 is 60.6 Å². The number of para-hydroxylation sites is 1. The molecule has 0 spiro atoms. The standard InChI is InChI=1S/C31H53N5O10S/c1-29(2,3)44-26(37)32-18-14-22-34(27(38)45-30(4,5)6)20-12-13-21-35(28(39)46-31(7,8)9)23-15-19-33-47(42,43)25-17-11-10-16-24(25)36(40)41/h10-11,16-17,33H,12-15,18-23H2,1-9H3,(H,32,37). The number of hydrogen-bond donors (Lipinski definition) is 2. The second-order valence-corrected chi connectivity index (χ2v) is 15.6. The normalized spacial score (nSPS) is 12.2. The second kappa shape index (κ2) is 18.0. The maximum absolute atomic E-state index is 13.0. The SMILES string of the molecule is CC(C)(C)OC(=O)NCCCN(CCCCN(CCCNS(=O)(=O)c1ccccc1[N+](=O)[O-])C(=O)OC(C)(C)C)C(=O)OC(C)(C)C. The summed E-state index contributed by atoms with van der Waals surface area (Å²) in [5.74, 6) is 0. The van der Waals surface area contributed by atoms with Gasteiger partial charge < -0.3 is 29.3 Å². The molecule has 0 saturated carbocycles. The number of rotatable bonds is 16. The minimum atomic E-state index is -4.16. The lowest BCUT2D eigenvalue weighted by Gasteiger charge is -2.29. The van der Waals surface area contributed by atoms with Gasteiger partial charge in [0, 0.05) is 45.3 Å². The molecule has 0 heterocycles. The van der Waals surface area contributed by atoms with Crippen LogP contribution in [0.25, 0.3) is 0 Å². The summed E-state index contributed by atoms with van der Waals surface area (Å²) in [6.45, 7) is 17.1. The first-order valence-corrected chi connectivity index (χ1v) is 17.1. The third-order valence-electron chi connectivity index (χ3n) is 5.93. The fourth-order valence-corrected chi connectivity index (χ4v) is 5.26. The number of sulfonamides is 1. The number of amides is 3. The number of alkyl carbamates (subject to hydrolysis) is 1. The zero-order valence-corrected chi connectivity index (χ0v) is 30.0. The molecule has 0 bridgehead atoms. The molecule has 0 saturated heterocycles. The van der Waals surface area contributed by atoms with Crippen LogP contribution < -0.4 is 10.0 Å². The van der Waals surface area contributed by atoms with Gasteiger partial charge in [-0.05, 0) is 94.1 Å². The Balaban J connectivity index is 2.80. The van der Waals surface area contributed by atoms with E-state index in [0.717, 1.165) is 12.1 Å². The monoisotopic (exact) mass is 687 g/mol. The zero-order valence-electron chi connectivity index (χ0n) is 29.2. The van der Waals surface area contributed by atoms with E-state index in [4.69, 9.17) is 14.2 Å². The van der Waals surface area contributed by atoms with Crippen LogP contribution in [0.15, 0.2) is 29.2 Å². The van der Waals surface area contributed by atoms with Crippen molar-refractivity contribution in [1.82, 2.24) is 19.8 Å². The highest BCUT2D eigenvalue weighted by molar-refractivity contribution is 7.89. The van der Waals surface area contributed by atoms with Crippen molar-refractivity contribution in [2.24, 2.45) is 0 Å². The predicted molar refractivity (Wildman–Crippen MR) is 177 cm³/mol. The van der Waals surface area contributed by atoms with Crippen LogP contribution in [0.4, 0.5) is 20.1 Å². The Morgan fingerprint density at radius 3 is 1.60 bits per heavy atom. The first-order chi connectivity index (χ1) is 21.5. The third-order valence-corrected chi connectivity index (χ3v) is 7.44. The van der Waals surface area contributed by atoms with Crippen molar-refractivity contribution < 1.29 is 41.9 Å². The number of nitrogens with one attached hydrogen (secondary N) is 2. The molecule has 0 aliphatic rings. The molecule has 47 heavy (non-hydrogen) atoms. The Labute approximate surface area is 278 Å². The minimum absolute atomic E-state index is 0.0720. The van der Waals surface area contributed by atoms with Crippen LogP contribution in [0.1, 0.15) is 88.0 Å². The minimum Gasteiger partial charge on any atom is -0.444 e. The quantitative estimate of drug-likeness (QED) is 0.0982. The van der Waals surface area contributed by atoms with Gasteiger partial charge in [0.15, 0.2) is 4.90 Å². The van der Waals surface area contributed by atoms with Gasteiger partial charge >= 0.3 is 18.3 Å². The molecule has 0 aliphatic heterocycles. The second-order valence-electron chi connectivity index (χ2n) is 13.9. The van der Waals surface area contributed by atoms with E-state index >= 15 is 0 Å². The van der Waals surface area contributed by atoms with Crippen molar-refractivity contribution in [3.8, 4) is 0 Å². The summed E-state index contributed by atoms with van der Waals surface area (Å²) in [7, 11) is -4.16. The summed E-state index contributed by atoms with van der Waals surface area (Å²) in [6, 6.07) is 5.05. The van der Waals surface area contributed by atoms with Crippen LogP contribution >= 0.6 is 0 Å². The van der Waals surface area contributed by atoms with E-state index in [1.807, 2.05) is 0 Å². The molecule has 1 aromatic carbocycles. The van der Waals surface area contributed by atoms with Gasteiger partial charge in [-0.15, -0.1) is 0 Å². The van der Waals surface area contributed by atoms with E-state index in [2.05, 4.69) is 10.0 Å². The number of nitro benzene ring substituents is 1. The Bertz CT molecular complexity index is 1300. The van der Waals surface area contributed by atoms with Crippen molar-refractivity contribution >= 4 is 34.0 Å². The number of benzene rings is 1. The summed E-state index contributed by atoms with van der Waals surface area (Å²) in [4.78, 5) is 50.9. The largest absolute Gasteiger partial charge is 0.444 e. The molecule has 268 valence electrons. The van der Waals surface area contributed by atoms with Gasteiger partial charge in [0.05, 0.1) is 4.92 Å². The number of carbonyl (C=O) groups is 3. The van der Waals surface area contributed by atoms with E-state index in [1.165, 1.54) is 17.0 Å². The van der Waals surface area contributed by atoms with E-state index in [-0.39, 0.29) is 26.1 Å². The van der Waals surface area contributed by atoms with E-state index in [9.17, 15) is 32.9 Å². The van der Waals surface area contributed by atoms with Gasteiger partial charge in [-0.1, -0.05) is 12.1 Å². The van der Waals surface area contributed by atoms with Crippen molar-refractivity contribution in [3.63, 3.8) is 0 Å². The number of nitro groups is 1. The Morgan fingerprint density at radius 2 is 1.15 bits per heavy atom. The molecule has 1 aromatic rings. The molecule has 1 rings (SSSR count). The number of ether oxygens (including phenoxy) is 3. The summed E-state index contributed by atoms with van der Waals surface area (Å²) in [5.41, 5.74) is -2.62. The lowest BCUT2D eigenvalue weighted by Crippen LogP contribution is -2.40. The molecule has 16 heteroatoms. The molecule has 15 nitrogen and oxygen atoms in total. The molecule has 3 amide bonds. The zero-order chi connectivity index (χ0) is 36.1. The fraction of sp³-hybridized carbons (Fsp3) is 0.710. The van der Waals surface area contributed by atoms with Crippen molar-refractivity contribution in [1.29, 1.82) is 0 Å². The summed E-state index contributed by atoms with van der Waals surface area (Å²) in [5, 5.41) is 14.0. The first-order valence-electron chi connectivity index (χ1n) is 15.7. The van der Waals surface area contributed by atoms with Crippen LogP contribution in [0.5, 0.6) is 0 Å². The van der Waals surface area contributed by atoms with Gasteiger partial charge in [0.1, 0.15) is 16.8 Å². The first kappa shape index (κ1) is 41.4. The van der Waals surface area contributed by atoms with E-state index in [0.29, 0.717) is 38.9 Å². The highest BCUT2D eigenvalue weighted by Gasteiger charge is 2.26. The Hall–Kier alpha value is -3.66. The third kappa shape index (κ3) is 17.7. The molecule has 2 N–H and O–H groups in total. The van der Waals surface area contributed by atoms with Gasteiger partial charge in [0.2, 0.25) is 10.0 Å². The smallest absolute Gasteiger partial charge is 0.410 e. The highest BCUT2D eigenvalue weighted by Crippen LogP contribution is 2.22. The van der Waals surface area contributed by atoms with Gasteiger partial charge in [-0.3, -0.25) is 10.1 Å². The van der Waals surface area contributed by atoms with Crippen LogP contribution in [-0.2, 0) is 24.2 Å². The summed E-state index contributed by atoms with van der Waals surface area (Å²) >= 11 is 0. The molecule has 0 unspecified atom stereocenters. The molecular formula is C31H53N5O10S. The highest BCUT2D eigenvalue weighted by atomic mass is 32.2. The van der Waals surface area contributed by atoms with Crippen molar-refractivity contribution in [3.05, 3.63) is 34.4 Å². The number of carbonyl (C=O) groups excluding carboxylic acids is 3. The Kier molecular flexibility index (Phi) is 15.9. The number of unbranched alkanes of at least 4 members (excludes halogenated alkanes) is 1. The van der Waals surface area contributed by atoms with Crippen LogP contribution in [0.2, 0.25) is 0 Å². The lowest BCUT2D eigenvalue weighted by molar-refractivity contribution is -0.387. The van der Waals surface area contributed by atoms with Crippen molar-refractivity contribution in [2.45, 2.75) is 110 Å². The van der Waals surface area contributed by atoms with Gasteiger partial charge in [-0.2, -0.15) is 0 Å². The van der Waals surface area contributed by atoms with E-state index in [1.54, 1.807) is 67.2 Å². The predicted octanol–water partition coefficient (Wildman–Crippen LogP) is 5.43. The number of nitrogens with zero attached hydrogens (tertiary/aromatic N) is 3. The van der Waals surface area contributed by atoms with Crippen LogP contribution in [-0.4, -0.2) is 97.5 Å². The average Bonchev–Trinajstić information content (AvgIpc) is 2.90. The lowest BCUT2D eigenvalue weighted by atomic mass is 10.2. The maximum atomic E-state index is 13.0.